The summed E-state index contributed by atoms with van der Waals surface area (Å²) in [6, 6.07) is 3.22. The summed E-state index contributed by atoms with van der Waals surface area (Å²) in [4.78, 5) is 0. The van der Waals surface area contributed by atoms with Crippen LogP contribution in [0.5, 0.6) is 0 Å². The van der Waals surface area contributed by atoms with Gasteiger partial charge in [-0.15, -0.1) is 0 Å². The number of hydrogen-bond acceptors (Lipinski definition) is 1. The van der Waals surface area contributed by atoms with Crippen LogP contribution in [0.15, 0.2) is 18.2 Å². The Balaban J connectivity index is 2.27. The molecule has 1 atom stereocenters. The first-order chi connectivity index (χ1) is 8.93. The number of halogens is 4. The van der Waals surface area contributed by atoms with Gasteiger partial charge >= 0.3 is 6.18 Å². The van der Waals surface area contributed by atoms with Gasteiger partial charge in [0.05, 0.1) is 5.56 Å². The zero-order valence-corrected chi connectivity index (χ0v) is 10.7. The summed E-state index contributed by atoms with van der Waals surface area (Å²) in [5, 5.41) is 3.26. The minimum atomic E-state index is -4.64. The van der Waals surface area contributed by atoms with Crippen molar-refractivity contribution in [2.45, 2.75) is 38.4 Å². The number of rotatable bonds is 5. The van der Waals surface area contributed by atoms with E-state index in [-0.39, 0.29) is 6.04 Å². The second-order valence-electron chi connectivity index (χ2n) is 5.01. The molecule has 1 aliphatic carbocycles. The third-order valence-corrected chi connectivity index (χ3v) is 3.36. The van der Waals surface area contributed by atoms with Gasteiger partial charge in [0.1, 0.15) is 5.82 Å². The third kappa shape index (κ3) is 3.47. The molecule has 1 saturated carbocycles. The molecule has 0 aromatic heterocycles. The highest BCUT2D eigenvalue weighted by Gasteiger charge is 2.37. The molecule has 5 heteroatoms. The Morgan fingerprint density at radius 3 is 2.53 bits per heavy atom. The van der Waals surface area contributed by atoms with E-state index in [1.54, 1.807) is 0 Å². The lowest BCUT2D eigenvalue weighted by Gasteiger charge is -2.20. The SMILES string of the molecule is CCCNC(c1ccc(F)c(C(F)(F)F)c1)C1CC1. The van der Waals surface area contributed by atoms with E-state index < -0.39 is 17.6 Å². The van der Waals surface area contributed by atoms with Crippen LogP contribution in [0.1, 0.15) is 43.4 Å². The van der Waals surface area contributed by atoms with E-state index in [4.69, 9.17) is 0 Å². The second-order valence-corrected chi connectivity index (χ2v) is 5.01. The van der Waals surface area contributed by atoms with Crippen molar-refractivity contribution in [3.8, 4) is 0 Å². The first-order valence-electron chi connectivity index (χ1n) is 6.53. The average Bonchev–Trinajstić information content (AvgIpc) is 3.14. The van der Waals surface area contributed by atoms with Crippen LogP contribution in [0.2, 0.25) is 0 Å². The van der Waals surface area contributed by atoms with Crippen molar-refractivity contribution in [1.29, 1.82) is 0 Å². The largest absolute Gasteiger partial charge is 0.419 e. The fourth-order valence-corrected chi connectivity index (χ4v) is 2.24. The van der Waals surface area contributed by atoms with Gasteiger partial charge in [-0.1, -0.05) is 13.0 Å². The zero-order chi connectivity index (χ0) is 14.0. The summed E-state index contributed by atoms with van der Waals surface area (Å²) in [6.07, 6.45) is -1.70. The molecule has 1 aromatic rings. The number of nitrogens with one attached hydrogen (secondary N) is 1. The van der Waals surface area contributed by atoms with Crippen molar-refractivity contribution in [3.05, 3.63) is 35.1 Å². The summed E-state index contributed by atoms with van der Waals surface area (Å²) in [5.41, 5.74) is -0.640. The van der Waals surface area contributed by atoms with Crippen LogP contribution in [-0.4, -0.2) is 6.54 Å². The molecule has 0 aliphatic heterocycles. The predicted molar refractivity (Wildman–Crippen MR) is 65.2 cm³/mol. The fourth-order valence-electron chi connectivity index (χ4n) is 2.24. The van der Waals surface area contributed by atoms with Crippen LogP contribution in [0.4, 0.5) is 17.6 Å². The van der Waals surface area contributed by atoms with Crippen molar-refractivity contribution < 1.29 is 17.6 Å². The van der Waals surface area contributed by atoms with E-state index in [1.165, 1.54) is 6.07 Å². The van der Waals surface area contributed by atoms with Crippen molar-refractivity contribution in [2.24, 2.45) is 5.92 Å². The number of alkyl halides is 3. The van der Waals surface area contributed by atoms with Crippen LogP contribution in [-0.2, 0) is 6.18 Å². The molecule has 0 amide bonds. The lowest BCUT2D eigenvalue weighted by Crippen LogP contribution is -2.24. The Morgan fingerprint density at radius 2 is 2.00 bits per heavy atom. The molecular weight excluding hydrogens is 258 g/mol. The Bertz CT molecular complexity index is 438. The molecule has 19 heavy (non-hydrogen) atoms. The van der Waals surface area contributed by atoms with Crippen molar-refractivity contribution in [3.63, 3.8) is 0 Å². The molecule has 1 aliphatic rings. The summed E-state index contributed by atoms with van der Waals surface area (Å²) in [6.45, 7) is 2.75. The average molecular weight is 275 g/mol. The molecule has 1 unspecified atom stereocenters. The van der Waals surface area contributed by atoms with Crippen LogP contribution in [0.25, 0.3) is 0 Å². The van der Waals surface area contributed by atoms with Crippen LogP contribution in [0, 0.1) is 11.7 Å². The molecule has 1 N–H and O–H groups in total. The molecule has 0 saturated heterocycles. The maximum Gasteiger partial charge on any atom is 0.419 e. The van der Waals surface area contributed by atoms with Gasteiger partial charge in [0.15, 0.2) is 0 Å². The molecule has 1 nitrogen and oxygen atoms in total. The lowest BCUT2D eigenvalue weighted by atomic mass is 9.99. The standard InChI is InChI=1S/C14H17F4N/c1-2-7-19-13(9-3-4-9)10-5-6-12(15)11(8-10)14(16,17)18/h5-6,8-9,13,19H,2-4,7H2,1H3. The summed E-state index contributed by atoms with van der Waals surface area (Å²) in [5.74, 6) is -0.834. The van der Waals surface area contributed by atoms with E-state index >= 15 is 0 Å². The van der Waals surface area contributed by atoms with Gasteiger partial charge in [-0.3, -0.25) is 0 Å². The highest BCUT2D eigenvalue weighted by molar-refractivity contribution is 5.30. The number of hydrogen-bond donors (Lipinski definition) is 1. The van der Waals surface area contributed by atoms with Gasteiger partial charge in [-0.25, -0.2) is 4.39 Å². The Labute approximate surface area is 110 Å². The monoisotopic (exact) mass is 275 g/mol. The zero-order valence-electron chi connectivity index (χ0n) is 10.7. The van der Waals surface area contributed by atoms with E-state index in [9.17, 15) is 17.6 Å². The second kappa shape index (κ2) is 5.49. The normalized spacial score (nSPS) is 17.5. The topological polar surface area (TPSA) is 12.0 Å². The molecule has 2 rings (SSSR count). The maximum atomic E-state index is 13.3. The van der Waals surface area contributed by atoms with Crippen molar-refractivity contribution in [1.82, 2.24) is 5.32 Å². The first-order valence-corrected chi connectivity index (χ1v) is 6.53. The van der Waals surface area contributed by atoms with E-state index in [0.29, 0.717) is 11.5 Å². The highest BCUT2D eigenvalue weighted by Crippen LogP contribution is 2.42. The number of benzene rings is 1. The minimum Gasteiger partial charge on any atom is -0.310 e. The van der Waals surface area contributed by atoms with Gasteiger partial charge < -0.3 is 5.32 Å². The van der Waals surface area contributed by atoms with Gasteiger partial charge in [-0.05, 0) is 49.4 Å². The van der Waals surface area contributed by atoms with E-state index in [2.05, 4.69) is 5.32 Å². The quantitative estimate of drug-likeness (QED) is 0.790. The van der Waals surface area contributed by atoms with Crippen LogP contribution in [0.3, 0.4) is 0 Å². The molecule has 1 fully saturated rings. The molecule has 0 spiro atoms. The van der Waals surface area contributed by atoms with Gasteiger partial charge in [-0.2, -0.15) is 13.2 Å². The maximum absolute atomic E-state index is 13.3. The van der Waals surface area contributed by atoms with Crippen molar-refractivity contribution >= 4 is 0 Å². The minimum absolute atomic E-state index is 0.0957. The Hall–Kier alpha value is -1.10. The van der Waals surface area contributed by atoms with Crippen molar-refractivity contribution in [2.75, 3.05) is 6.54 Å². The Morgan fingerprint density at radius 1 is 1.32 bits per heavy atom. The van der Waals surface area contributed by atoms with Crippen LogP contribution >= 0.6 is 0 Å². The molecule has 0 radical (unpaired) electrons. The van der Waals surface area contributed by atoms with Gasteiger partial charge in [0.25, 0.3) is 0 Å². The van der Waals surface area contributed by atoms with Gasteiger partial charge in [0.2, 0.25) is 0 Å². The highest BCUT2D eigenvalue weighted by atomic mass is 19.4. The Kier molecular flexibility index (Phi) is 4.13. The summed E-state index contributed by atoms with van der Waals surface area (Å²) >= 11 is 0. The first kappa shape index (κ1) is 14.3. The van der Waals surface area contributed by atoms with E-state index in [1.807, 2.05) is 6.92 Å². The third-order valence-electron chi connectivity index (χ3n) is 3.36. The molecule has 0 heterocycles. The summed E-state index contributed by atoms with van der Waals surface area (Å²) < 4.78 is 51.4. The molecular formula is C14H17F4N. The summed E-state index contributed by atoms with van der Waals surface area (Å²) in [7, 11) is 0. The van der Waals surface area contributed by atoms with Gasteiger partial charge in [0, 0.05) is 6.04 Å². The van der Waals surface area contributed by atoms with E-state index in [0.717, 1.165) is 37.9 Å². The molecule has 0 bridgehead atoms. The fraction of sp³-hybridized carbons (Fsp3) is 0.571. The smallest absolute Gasteiger partial charge is 0.310 e. The lowest BCUT2D eigenvalue weighted by molar-refractivity contribution is -0.140. The predicted octanol–water partition coefficient (Wildman–Crippen LogP) is 4.30. The van der Waals surface area contributed by atoms with Crippen LogP contribution < -0.4 is 5.32 Å². The molecule has 106 valence electrons. The molecule has 1 aromatic carbocycles.